The van der Waals surface area contributed by atoms with Crippen molar-refractivity contribution in [3.05, 3.63) is 66.1 Å². The second kappa shape index (κ2) is 8.27. The number of H-pyrrole nitrogens is 1. The number of rotatable bonds is 5. The van der Waals surface area contributed by atoms with Gasteiger partial charge >= 0.3 is 0 Å². The number of piperidine rings is 1. The quantitative estimate of drug-likeness (QED) is 0.575. The maximum absolute atomic E-state index is 13.4. The first-order valence-corrected chi connectivity index (χ1v) is 10.9. The number of hydrogen-bond donors (Lipinski definition) is 3. The van der Waals surface area contributed by atoms with Crippen molar-refractivity contribution in [3.63, 3.8) is 0 Å². The van der Waals surface area contributed by atoms with Gasteiger partial charge in [0.05, 0.1) is 6.67 Å². The highest BCUT2D eigenvalue weighted by molar-refractivity contribution is 5.98. The van der Waals surface area contributed by atoms with Crippen molar-refractivity contribution < 1.29 is 14.0 Å². The number of anilines is 1. The molecule has 7 nitrogen and oxygen atoms in total. The summed E-state index contributed by atoms with van der Waals surface area (Å²) >= 11 is 0. The second-order valence-electron chi connectivity index (χ2n) is 8.47. The number of para-hydroxylation sites is 1. The molecule has 5 rings (SSSR count). The van der Waals surface area contributed by atoms with Crippen LogP contribution in [0.2, 0.25) is 0 Å². The van der Waals surface area contributed by atoms with E-state index in [0.717, 1.165) is 37.1 Å². The van der Waals surface area contributed by atoms with Crippen LogP contribution in [0.15, 0.2) is 54.6 Å². The largest absolute Gasteiger partial charge is 0.351 e. The van der Waals surface area contributed by atoms with Gasteiger partial charge in [0, 0.05) is 42.8 Å². The fourth-order valence-corrected chi connectivity index (χ4v) is 4.83. The van der Waals surface area contributed by atoms with Gasteiger partial charge in [0.1, 0.15) is 17.1 Å². The monoisotopic (exact) mass is 435 g/mol. The lowest BCUT2D eigenvalue weighted by Crippen LogP contribution is -2.57. The molecule has 3 heterocycles. The Bertz CT molecular complexity index is 1140. The minimum absolute atomic E-state index is 0.101. The van der Waals surface area contributed by atoms with E-state index < -0.39 is 5.54 Å². The van der Waals surface area contributed by atoms with Crippen LogP contribution < -0.4 is 15.5 Å². The number of fused-ring (bicyclic) bond motifs is 1. The molecule has 1 aromatic heterocycles. The molecule has 2 aromatic carbocycles. The Morgan fingerprint density at radius 2 is 1.88 bits per heavy atom. The number of nitrogens with one attached hydrogen (secondary N) is 3. The van der Waals surface area contributed by atoms with Crippen molar-refractivity contribution in [2.75, 3.05) is 37.7 Å². The number of halogens is 1. The molecule has 1 spiro atoms. The van der Waals surface area contributed by atoms with E-state index >= 15 is 0 Å². The van der Waals surface area contributed by atoms with E-state index in [1.807, 2.05) is 30.3 Å². The van der Waals surface area contributed by atoms with Gasteiger partial charge in [-0.3, -0.25) is 9.59 Å². The van der Waals surface area contributed by atoms with E-state index in [2.05, 4.69) is 25.4 Å². The van der Waals surface area contributed by atoms with Crippen LogP contribution in [-0.4, -0.2) is 60.1 Å². The highest BCUT2D eigenvalue weighted by Gasteiger charge is 2.50. The molecule has 3 N–H and O–H groups in total. The average molecular weight is 436 g/mol. The third-order valence-electron chi connectivity index (χ3n) is 6.63. The zero-order valence-electron chi connectivity index (χ0n) is 17.7. The lowest BCUT2D eigenvalue weighted by atomic mass is 9.85. The van der Waals surface area contributed by atoms with Crippen LogP contribution in [0.4, 0.5) is 10.1 Å². The number of likely N-dealkylation sites (tertiary alicyclic amines) is 1. The molecule has 3 aromatic rings. The maximum Gasteiger partial charge on any atom is 0.267 e. The number of nitrogens with zero attached hydrogens (tertiary/aromatic N) is 2. The summed E-state index contributed by atoms with van der Waals surface area (Å²) in [5.74, 6) is -0.432. The average Bonchev–Trinajstić information content (AvgIpc) is 3.37. The van der Waals surface area contributed by atoms with Gasteiger partial charge in [-0.25, -0.2) is 4.39 Å². The third kappa shape index (κ3) is 3.71. The van der Waals surface area contributed by atoms with Crippen LogP contribution >= 0.6 is 0 Å². The Kier molecular flexibility index (Phi) is 5.30. The number of hydrogen-bond acceptors (Lipinski definition) is 4. The molecule has 0 aliphatic carbocycles. The standard InChI is InChI=1S/C24H26FN5O2/c25-18-6-7-20-17(14-18)15-21(28-20)22(31)26-10-13-29-11-8-24(9-12-29)23(32)27-16-30(24)19-4-2-1-3-5-19/h1-7,14-15,28H,8-13,16H2,(H,26,31)(H,27,32). The molecule has 2 aliphatic rings. The third-order valence-corrected chi connectivity index (χ3v) is 6.63. The van der Waals surface area contributed by atoms with Gasteiger partial charge in [-0.05, 0) is 49.2 Å². The highest BCUT2D eigenvalue weighted by Crippen LogP contribution is 2.36. The van der Waals surface area contributed by atoms with Crippen molar-refractivity contribution in [3.8, 4) is 0 Å². The Morgan fingerprint density at radius 3 is 2.66 bits per heavy atom. The minimum atomic E-state index is -0.499. The first-order valence-electron chi connectivity index (χ1n) is 10.9. The van der Waals surface area contributed by atoms with E-state index in [4.69, 9.17) is 0 Å². The van der Waals surface area contributed by atoms with Crippen LogP contribution in [0.3, 0.4) is 0 Å². The molecule has 0 saturated carbocycles. The van der Waals surface area contributed by atoms with Crippen LogP contribution in [-0.2, 0) is 4.79 Å². The molecular formula is C24H26FN5O2. The molecule has 0 radical (unpaired) electrons. The molecule has 0 bridgehead atoms. The zero-order chi connectivity index (χ0) is 22.1. The Hall–Kier alpha value is -3.39. The number of amides is 2. The topological polar surface area (TPSA) is 80.5 Å². The Labute approximate surface area is 185 Å². The summed E-state index contributed by atoms with van der Waals surface area (Å²) in [6.45, 7) is 3.33. The summed E-state index contributed by atoms with van der Waals surface area (Å²) in [6.07, 6.45) is 1.49. The lowest BCUT2D eigenvalue weighted by Gasteiger charge is -2.43. The molecule has 0 atom stereocenters. The van der Waals surface area contributed by atoms with Crippen LogP contribution in [0.1, 0.15) is 23.3 Å². The number of aromatic nitrogens is 1. The van der Waals surface area contributed by atoms with Gasteiger partial charge in [0.25, 0.3) is 5.91 Å². The molecule has 0 unspecified atom stereocenters. The first-order chi connectivity index (χ1) is 15.5. The predicted molar refractivity (Wildman–Crippen MR) is 121 cm³/mol. The fraction of sp³-hybridized carbons (Fsp3) is 0.333. The van der Waals surface area contributed by atoms with Crippen LogP contribution in [0, 0.1) is 5.82 Å². The normalized spacial score (nSPS) is 18.3. The van der Waals surface area contributed by atoms with Crippen molar-refractivity contribution >= 4 is 28.4 Å². The smallest absolute Gasteiger partial charge is 0.267 e. The number of carbonyl (C=O) groups is 2. The summed E-state index contributed by atoms with van der Waals surface area (Å²) < 4.78 is 13.4. The number of carbonyl (C=O) groups excluding carboxylic acids is 2. The van der Waals surface area contributed by atoms with Crippen molar-refractivity contribution in [1.29, 1.82) is 0 Å². The summed E-state index contributed by atoms with van der Waals surface area (Å²) in [6, 6.07) is 16.1. The van der Waals surface area contributed by atoms with E-state index in [1.54, 1.807) is 12.1 Å². The van der Waals surface area contributed by atoms with E-state index in [-0.39, 0.29) is 17.6 Å². The van der Waals surface area contributed by atoms with E-state index in [9.17, 15) is 14.0 Å². The minimum Gasteiger partial charge on any atom is -0.351 e. The number of aromatic amines is 1. The summed E-state index contributed by atoms with van der Waals surface area (Å²) in [7, 11) is 0. The maximum atomic E-state index is 13.4. The first kappa shape index (κ1) is 20.5. The highest BCUT2D eigenvalue weighted by atomic mass is 19.1. The second-order valence-corrected chi connectivity index (χ2v) is 8.47. The van der Waals surface area contributed by atoms with Gasteiger partial charge in [-0.2, -0.15) is 0 Å². The number of benzene rings is 2. The molecule has 2 fully saturated rings. The van der Waals surface area contributed by atoms with Crippen molar-refractivity contribution in [2.24, 2.45) is 0 Å². The van der Waals surface area contributed by atoms with Crippen molar-refractivity contribution in [2.45, 2.75) is 18.4 Å². The summed E-state index contributed by atoms with van der Waals surface area (Å²) in [5.41, 5.74) is 1.71. The molecule has 32 heavy (non-hydrogen) atoms. The fourth-order valence-electron chi connectivity index (χ4n) is 4.83. The molecule has 2 aliphatic heterocycles. The lowest BCUT2D eigenvalue weighted by molar-refractivity contribution is -0.125. The molecular weight excluding hydrogens is 409 g/mol. The van der Waals surface area contributed by atoms with E-state index in [0.29, 0.717) is 30.8 Å². The van der Waals surface area contributed by atoms with Gasteiger partial charge < -0.3 is 25.4 Å². The van der Waals surface area contributed by atoms with Gasteiger partial charge in [-0.1, -0.05) is 18.2 Å². The zero-order valence-corrected chi connectivity index (χ0v) is 17.7. The van der Waals surface area contributed by atoms with Crippen molar-refractivity contribution in [1.82, 2.24) is 20.5 Å². The predicted octanol–water partition coefficient (Wildman–Crippen LogP) is 2.47. The molecule has 166 valence electrons. The van der Waals surface area contributed by atoms with Gasteiger partial charge in [0.2, 0.25) is 5.91 Å². The molecule has 8 heteroatoms. The van der Waals surface area contributed by atoms with Gasteiger partial charge in [-0.15, -0.1) is 0 Å². The van der Waals surface area contributed by atoms with Gasteiger partial charge in [0.15, 0.2) is 0 Å². The molecule has 2 amide bonds. The molecule has 2 saturated heterocycles. The van der Waals surface area contributed by atoms with E-state index in [1.165, 1.54) is 12.1 Å². The Balaban J connectivity index is 1.15. The van der Waals surface area contributed by atoms with Crippen LogP contribution in [0.5, 0.6) is 0 Å². The van der Waals surface area contributed by atoms with Crippen LogP contribution in [0.25, 0.3) is 10.9 Å². The Morgan fingerprint density at radius 1 is 1.09 bits per heavy atom. The summed E-state index contributed by atoms with van der Waals surface area (Å²) in [5, 5.41) is 6.62. The SMILES string of the molecule is O=C(NCCN1CCC2(CC1)C(=O)NCN2c1ccccc1)c1cc2cc(F)ccc2[nH]1. The summed E-state index contributed by atoms with van der Waals surface area (Å²) in [4.78, 5) is 32.7.